The number of likely N-dealkylation sites (tertiary alicyclic amines) is 1. The molecule has 1 atom stereocenters. The molecule has 2 saturated heterocycles. The summed E-state index contributed by atoms with van der Waals surface area (Å²) >= 11 is 0. The molecule has 0 bridgehead atoms. The van der Waals surface area contributed by atoms with Crippen LogP contribution in [0.2, 0.25) is 0 Å². The molecule has 2 amide bonds. The summed E-state index contributed by atoms with van der Waals surface area (Å²) in [6.45, 7) is 3.13. The highest BCUT2D eigenvalue weighted by Gasteiger charge is 2.27. The van der Waals surface area contributed by atoms with E-state index in [9.17, 15) is 9.59 Å². The van der Waals surface area contributed by atoms with Crippen LogP contribution in [-0.2, 0) is 9.53 Å². The number of nitrogens with zero attached hydrogens (tertiary/aromatic N) is 2. The lowest BCUT2D eigenvalue weighted by Crippen LogP contribution is -2.39. The van der Waals surface area contributed by atoms with Crippen LogP contribution < -0.4 is 5.32 Å². The largest absolute Gasteiger partial charge is 0.378 e. The summed E-state index contributed by atoms with van der Waals surface area (Å²) < 4.78 is 5.58. The molecule has 6 heteroatoms. The standard InChI is InChI=1S/C21H29N3O3/c25-20(12-18-2-1-11-27-18)24-9-7-16(8-10-24)19-6-5-17(14-22-19)21(26)23-13-15-3-4-15/h5-6,14-16,18H,1-4,7-13H2,(H,23,26)/t18-/m1/s1. The zero-order valence-electron chi connectivity index (χ0n) is 15.9. The molecule has 3 heterocycles. The number of piperidine rings is 1. The Labute approximate surface area is 160 Å². The molecule has 0 aromatic carbocycles. The zero-order valence-corrected chi connectivity index (χ0v) is 15.9. The second kappa shape index (κ2) is 8.38. The summed E-state index contributed by atoms with van der Waals surface area (Å²) in [7, 11) is 0. The Kier molecular flexibility index (Phi) is 5.72. The molecule has 1 aromatic heterocycles. The summed E-state index contributed by atoms with van der Waals surface area (Å²) in [6, 6.07) is 3.85. The highest BCUT2D eigenvalue weighted by atomic mass is 16.5. The molecule has 0 spiro atoms. The van der Waals surface area contributed by atoms with Gasteiger partial charge >= 0.3 is 0 Å². The fraction of sp³-hybridized carbons (Fsp3) is 0.667. The fourth-order valence-electron chi connectivity index (χ4n) is 4.00. The number of aromatic nitrogens is 1. The van der Waals surface area contributed by atoms with E-state index in [2.05, 4.69) is 10.3 Å². The van der Waals surface area contributed by atoms with Crippen molar-refractivity contribution in [3.8, 4) is 0 Å². The van der Waals surface area contributed by atoms with Crippen LogP contribution in [0.1, 0.15) is 66.9 Å². The molecule has 2 aliphatic heterocycles. The van der Waals surface area contributed by atoms with E-state index in [1.807, 2.05) is 17.0 Å². The van der Waals surface area contributed by atoms with Crippen molar-refractivity contribution in [3.05, 3.63) is 29.6 Å². The average molecular weight is 371 g/mol. The summed E-state index contributed by atoms with van der Waals surface area (Å²) in [5.74, 6) is 1.22. The maximum absolute atomic E-state index is 12.4. The van der Waals surface area contributed by atoms with Gasteiger partial charge in [0.1, 0.15) is 0 Å². The summed E-state index contributed by atoms with van der Waals surface area (Å²) in [5, 5.41) is 2.97. The lowest BCUT2D eigenvalue weighted by atomic mass is 9.92. The van der Waals surface area contributed by atoms with Crippen molar-refractivity contribution >= 4 is 11.8 Å². The lowest BCUT2D eigenvalue weighted by molar-refractivity contribution is -0.134. The highest BCUT2D eigenvalue weighted by Crippen LogP contribution is 2.29. The van der Waals surface area contributed by atoms with Crippen LogP contribution in [0, 0.1) is 5.92 Å². The molecule has 3 fully saturated rings. The normalized spacial score (nSPS) is 23.4. The van der Waals surface area contributed by atoms with E-state index in [-0.39, 0.29) is 17.9 Å². The molecule has 3 aliphatic rings. The van der Waals surface area contributed by atoms with Gasteiger partial charge in [0.15, 0.2) is 0 Å². The topological polar surface area (TPSA) is 71.5 Å². The number of hydrogen-bond donors (Lipinski definition) is 1. The molecule has 4 rings (SSSR count). The molecule has 27 heavy (non-hydrogen) atoms. The van der Waals surface area contributed by atoms with Crippen molar-refractivity contribution in [1.82, 2.24) is 15.2 Å². The molecule has 6 nitrogen and oxygen atoms in total. The van der Waals surface area contributed by atoms with Crippen LogP contribution in [-0.4, -0.2) is 54.0 Å². The summed E-state index contributed by atoms with van der Waals surface area (Å²) in [6.07, 6.45) is 8.72. The predicted octanol–water partition coefficient (Wildman–Crippen LogP) is 2.50. The van der Waals surface area contributed by atoms with Crippen LogP contribution in [0.5, 0.6) is 0 Å². The molecular weight excluding hydrogens is 342 g/mol. The van der Waals surface area contributed by atoms with Gasteiger partial charge < -0.3 is 15.0 Å². The first-order chi connectivity index (χ1) is 13.2. The van der Waals surface area contributed by atoms with Crippen molar-refractivity contribution in [2.24, 2.45) is 5.92 Å². The number of carbonyl (C=O) groups excluding carboxylic acids is 2. The van der Waals surface area contributed by atoms with Gasteiger partial charge in [0.2, 0.25) is 5.91 Å². The first-order valence-electron chi connectivity index (χ1n) is 10.3. The third kappa shape index (κ3) is 4.86. The van der Waals surface area contributed by atoms with Crippen LogP contribution in [0.25, 0.3) is 0 Å². The van der Waals surface area contributed by atoms with E-state index in [1.165, 1.54) is 12.8 Å². The van der Waals surface area contributed by atoms with Crippen molar-refractivity contribution in [2.75, 3.05) is 26.2 Å². The summed E-state index contributed by atoms with van der Waals surface area (Å²) in [4.78, 5) is 31.0. The Balaban J connectivity index is 1.24. The molecule has 1 N–H and O–H groups in total. The number of ether oxygens (including phenoxy) is 1. The Morgan fingerprint density at radius 1 is 1.15 bits per heavy atom. The second-order valence-corrected chi connectivity index (χ2v) is 8.12. The quantitative estimate of drug-likeness (QED) is 0.834. The van der Waals surface area contributed by atoms with E-state index < -0.39 is 0 Å². The van der Waals surface area contributed by atoms with Gasteiger partial charge in [0.05, 0.1) is 18.1 Å². The molecule has 0 radical (unpaired) electrons. The lowest BCUT2D eigenvalue weighted by Gasteiger charge is -2.32. The number of nitrogens with one attached hydrogen (secondary N) is 1. The van der Waals surface area contributed by atoms with Gasteiger partial charge in [-0.15, -0.1) is 0 Å². The minimum absolute atomic E-state index is 0.0319. The van der Waals surface area contributed by atoms with E-state index in [0.29, 0.717) is 23.8 Å². The van der Waals surface area contributed by atoms with E-state index in [4.69, 9.17) is 4.74 Å². The van der Waals surface area contributed by atoms with Gasteiger partial charge in [-0.3, -0.25) is 14.6 Å². The van der Waals surface area contributed by atoms with Crippen LogP contribution in [0.15, 0.2) is 18.3 Å². The molecule has 146 valence electrons. The number of carbonyl (C=O) groups is 2. The first-order valence-corrected chi connectivity index (χ1v) is 10.3. The third-order valence-corrected chi connectivity index (χ3v) is 5.99. The maximum Gasteiger partial charge on any atom is 0.252 e. The molecule has 1 aromatic rings. The molecule has 1 saturated carbocycles. The molecule has 0 unspecified atom stereocenters. The third-order valence-electron chi connectivity index (χ3n) is 5.99. The van der Waals surface area contributed by atoms with Crippen molar-refractivity contribution in [1.29, 1.82) is 0 Å². The fourth-order valence-corrected chi connectivity index (χ4v) is 4.00. The van der Waals surface area contributed by atoms with Crippen LogP contribution >= 0.6 is 0 Å². The summed E-state index contributed by atoms with van der Waals surface area (Å²) in [5.41, 5.74) is 1.66. The van der Waals surface area contributed by atoms with E-state index >= 15 is 0 Å². The molecule has 1 aliphatic carbocycles. The van der Waals surface area contributed by atoms with Gasteiger partial charge in [0.25, 0.3) is 5.91 Å². The molecular formula is C21H29N3O3. The number of pyridine rings is 1. The SMILES string of the molecule is O=C(NCC1CC1)c1ccc(C2CCN(C(=O)C[C@H]3CCCO3)CC2)nc1. The number of hydrogen-bond acceptors (Lipinski definition) is 4. The minimum Gasteiger partial charge on any atom is -0.378 e. The Morgan fingerprint density at radius 3 is 2.59 bits per heavy atom. The Hall–Kier alpha value is -1.95. The zero-order chi connectivity index (χ0) is 18.6. The van der Waals surface area contributed by atoms with Crippen molar-refractivity contribution in [2.45, 2.75) is 57.0 Å². The number of rotatable bonds is 6. The maximum atomic E-state index is 12.4. The van der Waals surface area contributed by atoms with Crippen LogP contribution in [0.4, 0.5) is 0 Å². The van der Waals surface area contributed by atoms with Crippen LogP contribution in [0.3, 0.4) is 0 Å². The van der Waals surface area contributed by atoms with Gasteiger partial charge in [0, 0.05) is 44.0 Å². The average Bonchev–Trinajstić information content (AvgIpc) is 3.41. The van der Waals surface area contributed by atoms with Gasteiger partial charge in [-0.05, 0) is 56.6 Å². The van der Waals surface area contributed by atoms with E-state index in [0.717, 1.165) is 57.6 Å². The van der Waals surface area contributed by atoms with E-state index in [1.54, 1.807) is 6.20 Å². The number of amides is 2. The van der Waals surface area contributed by atoms with Gasteiger partial charge in [-0.25, -0.2) is 0 Å². The highest BCUT2D eigenvalue weighted by molar-refractivity contribution is 5.93. The van der Waals surface area contributed by atoms with Crippen molar-refractivity contribution in [3.63, 3.8) is 0 Å². The first kappa shape index (κ1) is 18.4. The smallest absolute Gasteiger partial charge is 0.252 e. The Morgan fingerprint density at radius 2 is 1.96 bits per heavy atom. The minimum atomic E-state index is -0.0319. The van der Waals surface area contributed by atoms with Crippen molar-refractivity contribution < 1.29 is 14.3 Å². The Bertz CT molecular complexity index is 658. The monoisotopic (exact) mass is 371 g/mol. The predicted molar refractivity (Wildman–Crippen MR) is 101 cm³/mol. The van der Waals surface area contributed by atoms with Gasteiger partial charge in [-0.2, -0.15) is 0 Å². The van der Waals surface area contributed by atoms with Gasteiger partial charge in [-0.1, -0.05) is 0 Å². The second-order valence-electron chi connectivity index (χ2n) is 8.12.